The average molecular weight is 375 g/mol. The highest BCUT2D eigenvalue weighted by molar-refractivity contribution is 7.09. The van der Waals surface area contributed by atoms with Crippen molar-refractivity contribution >= 4 is 17.3 Å². The summed E-state index contributed by atoms with van der Waals surface area (Å²) in [5.41, 5.74) is 1.16. The fraction of sp³-hybridized carbons (Fsp3) is 0.632. The second-order valence-electron chi connectivity index (χ2n) is 6.86. The van der Waals surface area contributed by atoms with Crippen molar-refractivity contribution in [2.24, 2.45) is 10.9 Å². The summed E-state index contributed by atoms with van der Waals surface area (Å²) in [6, 6.07) is 0.445. The molecule has 0 amide bonds. The first-order valence-corrected chi connectivity index (χ1v) is 10.5. The molecule has 2 unspecified atom stereocenters. The number of piperidine rings is 1. The fourth-order valence-corrected chi connectivity index (χ4v) is 4.20. The number of imidazole rings is 1. The highest BCUT2D eigenvalue weighted by Gasteiger charge is 2.28. The first kappa shape index (κ1) is 18.9. The summed E-state index contributed by atoms with van der Waals surface area (Å²) in [7, 11) is 0. The van der Waals surface area contributed by atoms with Gasteiger partial charge >= 0.3 is 0 Å². The van der Waals surface area contributed by atoms with E-state index in [9.17, 15) is 0 Å². The Morgan fingerprint density at radius 2 is 2.31 bits per heavy atom. The van der Waals surface area contributed by atoms with Crippen LogP contribution in [-0.4, -0.2) is 51.6 Å². The molecule has 7 heteroatoms. The van der Waals surface area contributed by atoms with E-state index >= 15 is 0 Å². The van der Waals surface area contributed by atoms with Crippen LogP contribution in [0.5, 0.6) is 0 Å². The minimum absolute atomic E-state index is 0.445. The Labute approximate surface area is 160 Å². The Bertz CT molecular complexity index is 693. The smallest absolute Gasteiger partial charge is 0.193 e. The lowest BCUT2D eigenvalue weighted by Gasteiger charge is -2.39. The summed E-state index contributed by atoms with van der Waals surface area (Å²) in [6.45, 7) is 10.3. The molecular formula is C19H30N6S. The van der Waals surface area contributed by atoms with E-state index in [0.717, 1.165) is 50.7 Å². The van der Waals surface area contributed by atoms with Gasteiger partial charge in [-0.15, -0.1) is 11.3 Å². The molecule has 1 aliphatic rings. The maximum atomic E-state index is 4.88. The summed E-state index contributed by atoms with van der Waals surface area (Å²) < 4.78 is 2.24. The van der Waals surface area contributed by atoms with Gasteiger partial charge in [-0.1, -0.05) is 13.8 Å². The second kappa shape index (κ2) is 9.16. The Morgan fingerprint density at radius 1 is 1.42 bits per heavy atom. The van der Waals surface area contributed by atoms with Crippen molar-refractivity contribution in [2.45, 2.75) is 46.1 Å². The summed E-state index contributed by atoms with van der Waals surface area (Å²) in [5.74, 6) is 1.67. The van der Waals surface area contributed by atoms with Crippen LogP contribution in [0.15, 0.2) is 29.1 Å². The minimum atomic E-state index is 0.445. The molecule has 3 rings (SSSR count). The van der Waals surface area contributed by atoms with Crippen LogP contribution in [0.1, 0.15) is 43.9 Å². The van der Waals surface area contributed by atoms with Gasteiger partial charge in [0.15, 0.2) is 5.96 Å². The topological polar surface area (TPSA) is 58.3 Å². The summed E-state index contributed by atoms with van der Waals surface area (Å²) in [5, 5.41) is 6.85. The standard InChI is InChI=1S/C19H30N6S/c1-4-18-23-16(13-26-18)6-8-22-19(21-5-2)24-10-7-15(3)17(12-24)25-11-9-20-14-25/h9,11,13-15,17H,4-8,10,12H2,1-3H3,(H,21,22). The Morgan fingerprint density at radius 3 is 3.00 bits per heavy atom. The average Bonchev–Trinajstić information content (AvgIpc) is 3.33. The van der Waals surface area contributed by atoms with Crippen molar-refractivity contribution in [3.63, 3.8) is 0 Å². The van der Waals surface area contributed by atoms with Crippen LogP contribution in [0.3, 0.4) is 0 Å². The van der Waals surface area contributed by atoms with Crippen LogP contribution in [0.25, 0.3) is 0 Å². The summed E-state index contributed by atoms with van der Waals surface area (Å²) in [4.78, 5) is 16.1. The van der Waals surface area contributed by atoms with Gasteiger partial charge in [-0.05, 0) is 25.7 Å². The lowest BCUT2D eigenvalue weighted by Crippen LogP contribution is -2.49. The van der Waals surface area contributed by atoms with E-state index in [2.05, 4.69) is 57.1 Å². The molecule has 142 valence electrons. The van der Waals surface area contributed by atoms with E-state index in [1.165, 1.54) is 11.4 Å². The van der Waals surface area contributed by atoms with Crippen molar-refractivity contribution in [3.8, 4) is 0 Å². The number of nitrogens with zero attached hydrogens (tertiary/aromatic N) is 5. The molecule has 1 fully saturated rings. The van der Waals surface area contributed by atoms with Gasteiger partial charge in [-0.3, -0.25) is 4.99 Å². The zero-order valence-electron chi connectivity index (χ0n) is 16.1. The monoisotopic (exact) mass is 374 g/mol. The number of aryl methyl sites for hydroxylation is 1. The van der Waals surface area contributed by atoms with Gasteiger partial charge in [0.2, 0.25) is 0 Å². The second-order valence-corrected chi connectivity index (χ2v) is 7.80. The van der Waals surface area contributed by atoms with Gasteiger partial charge in [0.05, 0.1) is 23.1 Å². The van der Waals surface area contributed by atoms with E-state index in [-0.39, 0.29) is 0 Å². The van der Waals surface area contributed by atoms with Crippen molar-refractivity contribution < 1.29 is 0 Å². The molecule has 6 nitrogen and oxygen atoms in total. The highest BCUT2D eigenvalue weighted by atomic mass is 32.1. The lowest BCUT2D eigenvalue weighted by atomic mass is 9.93. The third kappa shape index (κ3) is 4.63. The number of guanidine groups is 1. The van der Waals surface area contributed by atoms with Gasteiger partial charge in [0, 0.05) is 50.4 Å². The molecule has 1 N–H and O–H groups in total. The molecule has 1 aliphatic heterocycles. The van der Waals surface area contributed by atoms with Crippen molar-refractivity contribution in [1.82, 2.24) is 24.8 Å². The Hall–Kier alpha value is -1.89. The van der Waals surface area contributed by atoms with Crippen molar-refractivity contribution in [2.75, 3.05) is 26.2 Å². The molecule has 2 aromatic rings. The lowest BCUT2D eigenvalue weighted by molar-refractivity contribution is 0.189. The van der Waals surface area contributed by atoms with E-state index in [1.807, 2.05) is 12.5 Å². The maximum Gasteiger partial charge on any atom is 0.193 e. The minimum Gasteiger partial charge on any atom is -0.357 e. The largest absolute Gasteiger partial charge is 0.357 e. The fourth-order valence-electron chi connectivity index (χ4n) is 3.42. The number of aliphatic imine (C=N–C) groups is 1. The number of hydrogen-bond donors (Lipinski definition) is 1. The predicted molar refractivity (Wildman–Crippen MR) is 108 cm³/mol. The molecule has 3 heterocycles. The van der Waals surface area contributed by atoms with E-state index in [0.29, 0.717) is 12.0 Å². The van der Waals surface area contributed by atoms with Gasteiger partial charge in [0.1, 0.15) is 0 Å². The van der Waals surface area contributed by atoms with Crippen LogP contribution < -0.4 is 5.32 Å². The van der Waals surface area contributed by atoms with E-state index in [4.69, 9.17) is 4.99 Å². The quantitative estimate of drug-likeness (QED) is 0.624. The number of aromatic nitrogens is 3. The third-order valence-electron chi connectivity index (χ3n) is 4.99. The van der Waals surface area contributed by atoms with Crippen LogP contribution in [0.4, 0.5) is 0 Å². The molecule has 0 spiro atoms. The summed E-state index contributed by atoms with van der Waals surface area (Å²) >= 11 is 1.75. The normalized spacial score (nSPS) is 21.2. The van der Waals surface area contributed by atoms with E-state index < -0.39 is 0 Å². The van der Waals surface area contributed by atoms with Crippen LogP contribution in [-0.2, 0) is 12.8 Å². The van der Waals surface area contributed by atoms with Gasteiger partial charge in [0.25, 0.3) is 0 Å². The molecular weight excluding hydrogens is 344 g/mol. The van der Waals surface area contributed by atoms with Gasteiger partial charge < -0.3 is 14.8 Å². The molecule has 1 saturated heterocycles. The highest BCUT2D eigenvalue weighted by Crippen LogP contribution is 2.27. The van der Waals surface area contributed by atoms with Crippen LogP contribution >= 0.6 is 11.3 Å². The Balaban J connectivity index is 1.64. The molecule has 0 bridgehead atoms. The number of nitrogens with one attached hydrogen (secondary N) is 1. The zero-order chi connectivity index (χ0) is 18.4. The predicted octanol–water partition coefficient (Wildman–Crippen LogP) is 2.99. The van der Waals surface area contributed by atoms with Gasteiger partial charge in [-0.25, -0.2) is 9.97 Å². The maximum absolute atomic E-state index is 4.88. The number of thiazole rings is 1. The first-order chi connectivity index (χ1) is 12.7. The number of hydrogen-bond acceptors (Lipinski definition) is 4. The molecule has 0 radical (unpaired) electrons. The Kier molecular flexibility index (Phi) is 6.66. The molecule has 26 heavy (non-hydrogen) atoms. The van der Waals surface area contributed by atoms with E-state index in [1.54, 1.807) is 11.3 Å². The third-order valence-corrected chi connectivity index (χ3v) is 6.03. The molecule has 0 aromatic carbocycles. The summed E-state index contributed by atoms with van der Waals surface area (Å²) in [6.07, 6.45) is 8.95. The van der Waals surface area contributed by atoms with Crippen molar-refractivity contribution in [1.29, 1.82) is 0 Å². The first-order valence-electron chi connectivity index (χ1n) is 9.65. The van der Waals surface area contributed by atoms with Gasteiger partial charge in [-0.2, -0.15) is 0 Å². The molecule has 0 aliphatic carbocycles. The molecule has 2 atom stereocenters. The molecule has 2 aromatic heterocycles. The van der Waals surface area contributed by atoms with Crippen LogP contribution in [0, 0.1) is 5.92 Å². The number of likely N-dealkylation sites (tertiary alicyclic amines) is 1. The zero-order valence-corrected chi connectivity index (χ0v) is 16.9. The van der Waals surface area contributed by atoms with Crippen molar-refractivity contribution in [3.05, 3.63) is 34.8 Å². The number of rotatable bonds is 6. The molecule has 0 saturated carbocycles. The SMILES string of the molecule is CCNC(=NCCc1csc(CC)n1)N1CCC(C)C(n2ccnc2)C1. The van der Waals surface area contributed by atoms with Crippen LogP contribution in [0.2, 0.25) is 0 Å².